The fourth-order valence-corrected chi connectivity index (χ4v) is 2.79. The summed E-state index contributed by atoms with van der Waals surface area (Å²) in [5, 5.41) is 0. The highest BCUT2D eigenvalue weighted by molar-refractivity contribution is 5.82. The number of halogens is 1. The summed E-state index contributed by atoms with van der Waals surface area (Å²) in [5.74, 6) is -0.374. The molecule has 5 heteroatoms. The number of hydrogen-bond acceptors (Lipinski definition) is 3. The lowest BCUT2D eigenvalue weighted by molar-refractivity contribution is -0.146. The molecular weight excluding hydrogens is 213 g/mol. The maximum atomic E-state index is 13.4. The highest BCUT2D eigenvalue weighted by Crippen LogP contribution is 2.43. The predicted octanol–water partition coefficient (Wildman–Crippen LogP) is 1.04. The topological polar surface area (TPSA) is 46.6 Å². The van der Waals surface area contributed by atoms with Gasteiger partial charge in [-0.15, -0.1) is 0 Å². The van der Waals surface area contributed by atoms with E-state index >= 15 is 0 Å². The van der Waals surface area contributed by atoms with E-state index in [-0.39, 0.29) is 31.3 Å². The lowest BCUT2D eigenvalue weighted by atomic mass is 9.90. The average molecular weight is 229 g/mol. The van der Waals surface area contributed by atoms with E-state index in [0.29, 0.717) is 19.4 Å². The molecule has 2 aliphatic heterocycles. The fraction of sp³-hybridized carbons (Fsp3) is 0.818. The molecule has 2 atom stereocenters. The van der Waals surface area contributed by atoms with E-state index in [1.54, 1.807) is 6.92 Å². The lowest BCUT2D eigenvalue weighted by Crippen LogP contribution is -2.42. The molecule has 0 N–H and O–H groups in total. The quantitative estimate of drug-likeness (QED) is 0.679. The SMILES string of the molecule is CCOC(=O)C[C@@]12CCC(=O)N1C[C@H](F)C2. The number of rotatable bonds is 3. The molecule has 0 saturated carbocycles. The van der Waals surface area contributed by atoms with Gasteiger partial charge in [-0.2, -0.15) is 0 Å². The molecule has 0 aliphatic carbocycles. The van der Waals surface area contributed by atoms with Crippen molar-refractivity contribution in [3.63, 3.8) is 0 Å². The van der Waals surface area contributed by atoms with E-state index < -0.39 is 11.7 Å². The third kappa shape index (κ3) is 1.79. The minimum atomic E-state index is -1.00. The maximum absolute atomic E-state index is 13.4. The average Bonchev–Trinajstić information content (AvgIpc) is 2.65. The number of ether oxygens (including phenoxy) is 1. The molecular formula is C11H16FNO3. The first-order valence-corrected chi connectivity index (χ1v) is 5.67. The van der Waals surface area contributed by atoms with Crippen LogP contribution in [0.2, 0.25) is 0 Å². The van der Waals surface area contributed by atoms with Crippen molar-refractivity contribution in [2.75, 3.05) is 13.2 Å². The number of carbonyl (C=O) groups is 2. The van der Waals surface area contributed by atoms with Crippen molar-refractivity contribution in [1.82, 2.24) is 4.90 Å². The van der Waals surface area contributed by atoms with Crippen LogP contribution in [0.25, 0.3) is 0 Å². The van der Waals surface area contributed by atoms with Gasteiger partial charge in [-0.25, -0.2) is 4.39 Å². The van der Waals surface area contributed by atoms with E-state index in [1.165, 1.54) is 4.90 Å². The van der Waals surface area contributed by atoms with Crippen LogP contribution < -0.4 is 0 Å². The van der Waals surface area contributed by atoms with Gasteiger partial charge in [0.05, 0.1) is 25.1 Å². The summed E-state index contributed by atoms with van der Waals surface area (Å²) >= 11 is 0. The van der Waals surface area contributed by atoms with E-state index in [9.17, 15) is 14.0 Å². The van der Waals surface area contributed by atoms with Gasteiger partial charge in [0, 0.05) is 12.8 Å². The molecule has 2 fully saturated rings. The van der Waals surface area contributed by atoms with Gasteiger partial charge >= 0.3 is 5.97 Å². The summed E-state index contributed by atoms with van der Waals surface area (Å²) in [4.78, 5) is 24.6. The van der Waals surface area contributed by atoms with Crippen LogP contribution >= 0.6 is 0 Å². The molecule has 2 heterocycles. The normalized spacial score (nSPS) is 33.0. The first-order valence-electron chi connectivity index (χ1n) is 5.67. The van der Waals surface area contributed by atoms with Gasteiger partial charge < -0.3 is 9.64 Å². The highest BCUT2D eigenvalue weighted by Gasteiger charge is 2.53. The van der Waals surface area contributed by atoms with E-state index in [4.69, 9.17) is 4.74 Å². The zero-order valence-electron chi connectivity index (χ0n) is 9.37. The number of fused-ring (bicyclic) bond motifs is 1. The summed E-state index contributed by atoms with van der Waals surface area (Å²) in [6.45, 7) is 2.19. The Balaban J connectivity index is 2.10. The van der Waals surface area contributed by atoms with Gasteiger partial charge in [0.15, 0.2) is 0 Å². The molecule has 0 spiro atoms. The van der Waals surface area contributed by atoms with E-state index in [1.807, 2.05) is 0 Å². The van der Waals surface area contributed by atoms with Gasteiger partial charge in [-0.05, 0) is 13.3 Å². The number of amides is 1. The van der Waals surface area contributed by atoms with Crippen LogP contribution in [-0.4, -0.2) is 41.6 Å². The molecule has 0 aromatic rings. The Morgan fingerprint density at radius 3 is 3.12 bits per heavy atom. The Labute approximate surface area is 93.7 Å². The number of nitrogens with zero attached hydrogens (tertiary/aromatic N) is 1. The molecule has 1 amide bonds. The van der Waals surface area contributed by atoms with Crippen LogP contribution in [0.4, 0.5) is 4.39 Å². The van der Waals surface area contributed by atoms with Crippen molar-refractivity contribution in [2.45, 2.75) is 44.3 Å². The van der Waals surface area contributed by atoms with Crippen molar-refractivity contribution >= 4 is 11.9 Å². The Morgan fingerprint density at radius 2 is 2.44 bits per heavy atom. The third-order valence-electron chi connectivity index (χ3n) is 3.44. The minimum Gasteiger partial charge on any atom is -0.466 e. The summed E-state index contributed by atoms with van der Waals surface area (Å²) in [6, 6.07) is 0. The van der Waals surface area contributed by atoms with Crippen LogP contribution in [-0.2, 0) is 14.3 Å². The Morgan fingerprint density at radius 1 is 1.69 bits per heavy atom. The molecule has 0 bridgehead atoms. The van der Waals surface area contributed by atoms with E-state index in [0.717, 1.165) is 0 Å². The first-order chi connectivity index (χ1) is 7.57. The molecule has 16 heavy (non-hydrogen) atoms. The summed E-state index contributed by atoms with van der Waals surface area (Å²) < 4.78 is 18.2. The van der Waals surface area contributed by atoms with Gasteiger partial charge in [-0.1, -0.05) is 0 Å². The van der Waals surface area contributed by atoms with Crippen molar-refractivity contribution in [2.24, 2.45) is 0 Å². The van der Waals surface area contributed by atoms with Crippen molar-refractivity contribution < 1.29 is 18.7 Å². The van der Waals surface area contributed by atoms with E-state index in [2.05, 4.69) is 0 Å². The molecule has 4 nitrogen and oxygen atoms in total. The van der Waals surface area contributed by atoms with Crippen LogP contribution in [0.5, 0.6) is 0 Å². The van der Waals surface area contributed by atoms with Crippen LogP contribution in [0.15, 0.2) is 0 Å². The molecule has 2 rings (SSSR count). The number of esters is 1. The fourth-order valence-electron chi connectivity index (χ4n) is 2.79. The summed E-state index contributed by atoms with van der Waals surface area (Å²) in [6.07, 6.45) is 0.403. The standard InChI is InChI=1S/C11H16FNO3/c1-2-16-10(15)6-11-4-3-9(14)13(11)7-8(12)5-11/h8H,2-7H2,1H3/t8-,11+/m1/s1. The molecule has 0 aromatic carbocycles. The van der Waals surface area contributed by atoms with Gasteiger partial charge in [0.25, 0.3) is 0 Å². The Bertz CT molecular complexity index is 320. The highest BCUT2D eigenvalue weighted by atomic mass is 19.1. The summed E-state index contributed by atoms with van der Waals surface area (Å²) in [5.41, 5.74) is -0.594. The molecule has 90 valence electrons. The smallest absolute Gasteiger partial charge is 0.308 e. The minimum absolute atomic E-state index is 0.0375. The third-order valence-corrected chi connectivity index (χ3v) is 3.44. The molecule has 0 radical (unpaired) electrons. The van der Waals surface area contributed by atoms with Gasteiger partial charge in [-0.3, -0.25) is 9.59 Å². The molecule has 0 aromatic heterocycles. The maximum Gasteiger partial charge on any atom is 0.308 e. The second-order valence-corrected chi connectivity index (χ2v) is 4.51. The molecule has 0 unspecified atom stereocenters. The second-order valence-electron chi connectivity index (χ2n) is 4.51. The zero-order chi connectivity index (χ0) is 11.8. The van der Waals surface area contributed by atoms with Crippen LogP contribution in [0.1, 0.15) is 32.6 Å². The largest absolute Gasteiger partial charge is 0.466 e. The lowest BCUT2D eigenvalue weighted by Gasteiger charge is -2.30. The number of carbonyl (C=O) groups excluding carboxylic acids is 2. The monoisotopic (exact) mass is 229 g/mol. The molecule has 2 aliphatic rings. The Kier molecular flexibility index (Phi) is 2.86. The predicted molar refractivity (Wildman–Crippen MR) is 54.4 cm³/mol. The van der Waals surface area contributed by atoms with Gasteiger partial charge in [0.2, 0.25) is 5.91 Å². The van der Waals surface area contributed by atoms with Crippen molar-refractivity contribution in [1.29, 1.82) is 0 Å². The van der Waals surface area contributed by atoms with Crippen molar-refractivity contribution in [3.05, 3.63) is 0 Å². The van der Waals surface area contributed by atoms with Gasteiger partial charge in [0.1, 0.15) is 6.17 Å². The van der Waals surface area contributed by atoms with Crippen LogP contribution in [0.3, 0.4) is 0 Å². The number of hydrogen-bond donors (Lipinski definition) is 0. The van der Waals surface area contributed by atoms with Crippen LogP contribution in [0, 0.1) is 0 Å². The van der Waals surface area contributed by atoms with Crippen molar-refractivity contribution in [3.8, 4) is 0 Å². The zero-order valence-corrected chi connectivity index (χ0v) is 9.37. The second kappa shape index (κ2) is 4.03. The Hall–Kier alpha value is -1.13. The first kappa shape index (κ1) is 11.4. The summed E-state index contributed by atoms with van der Waals surface area (Å²) in [7, 11) is 0. The number of alkyl halides is 1. The molecule has 2 saturated heterocycles.